The van der Waals surface area contributed by atoms with Gasteiger partial charge in [-0.25, -0.2) is 9.38 Å². The highest BCUT2D eigenvalue weighted by Gasteiger charge is 2.02. The highest BCUT2D eigenvalue weighted by Crippen LogP contribution is 2.10. The molecular formula is C18H23FIN3O. The lowest BCUT2D eigenvalue weighted by Gasteiger charge is -2.11. The second-order valence-electron chi connectivity index (χ2n) is 5.13. The van der Waals surface area contributed by atoms with Gasteiger partial charge in [0, 0.05) is 13.1 Å². The molecule has 2 rings (SSSR count). The zero-order valence-corrected chi connectivity index (χ0v) is 16.0. The summed E-state index contributed by atoms with van der Waals surface area (Å²) in [5.74, 6) is 0.755. The van der Waals surface area contributed by atoms with E-state index in [1.807, 2.05) is 25.1 Å². The predicted octanol–water partition coefficient (Wildman–Crippen LogP) is 3.45. The monoisotopic (exact) mass is 443 g/mol. The SMILES string of the molecule is CCNC(=NCc1ccc(O)cc1)NCCc1ccccc1F.I. The van der Waals surface area contributed by atoms with Gasteiger partial charge in [-0.05, 0) is 42.7 Å². The van der Waals surface area contributed by atoms with Gasteiger partial charge in [0.1, 0.15) is 11.6 Å². The van der Waals surface area contributed by atoms with E-state index in [1.165, 1.54) is 6.07 Å². The van der Waals surface area contributed by atoms with Crippen LogP contribution in [-0.4, -0.2) is 24.2 Å². The predicted molar refractivity (Wildman–Crippen MR) is 106 cm³/mol. The average Bonchev–Trinajstić information content (AvgIpc) is 2.56. The largest absolute Gasteiger partial charge is 0.508 e. The molecule has 0 heterocycles. The number of guanidine groups is 1. The molecule has 0 aromatic heterocycles. The van der Waals surface area contributed by atoms with Gasteiger partial charge in [0.15, 0.2) is 5.96 Å². The number of hydrogen-bond acceptors (Lipinski definition) is 2. The fourth-order valence-corrected chi connectivity index (χ4v) is 2.13. The zero-order chi connectivity index (χ0) is 16.5. The molecule has 130 valence electrons. The summed E-state index contributed by atoms with van der Waals surface area (Å²) in [6.07, 6.45) is 0.594. The number of halogens is 2. The first-order valence-corrected chi connectivity index (χ1v) is 7.72. The first kappa shape index (κ1) is 20.2. The number of nitrogens with zero attached hydrogens (tertiary/aromatic N) is 1. The summed E-state index contributed by atoms with van der Waals surface area (Å²) in [4.78, 5) is 4.49. The first-order chi connectivity index (χ1) is 11.2. The Morgan fingerprint density at radius 3 is 2.46 bits per heavy atom. The Morgan fingerprint density at radius 1 is 1.08 bits per heavy atom. The number of benzene rings is 2. The van der Waals surface area contributed by atoms with E-state index in [9.17, 15) is 9.50 Å². The number of phenolic OH excluding ortho intramolecular Hbond substituents is 1. The van der Waals surface area contributed by atoms with Crippen LogP contribution in [-0.2, 0) is 13.0 Å². The Labute approximate surface area is 159 Å². The van der Waals surface area contributed by atoms with E-state index in [4.69, 9.17) is 0 Å². The number of aliphatic imine (C=N–C) groups is 1. The van der Waals surface area contributed by atoms with Gasteiger partial charge in [0.2, 0.25) is 0 Å². The van der Waals surface area contributed by atoms with Gasteiger partial charge in [-0.2, -0.15) is 0 Å². The molecule has 0 saturated heterocycles. The van der Waals surface area contributed by atoms with Crippen molar-refractivity contribution in [2.45, 2.75) is 19.9 Å². The van der Waals surface area contributed by atoms with Crippen LogP contribution in [0.3, 0.4) is 0 Å². The van der Waals surface area contributed by atoms with Crippen LogP contribution in [0.15, 0.2) is 53.5 Å². The van der Waals surface area contributed by atoms with E-state index in [0.717, 1.165) is 12.1 Å². The molecule has 0 spiro atoms. The van der Waals surface area contributed by atoms with Gasteiger partial charge >= 0.3 is 0 Å². The molecule has 3 N–H and O–H groups in total. The molecule has 0 aliphatic carbocycles. The van der Waals surface area contributed by atoms with Crippen molar-refractivity contribution in [1.29, 1.82) is 0 Å². The molecule has 2 aromatic carbocycles. The maximum absolute atomic E-state index is 13.6. The maximum atomic E-state index is 13.6. The van der Waals surface area contributed by atoms with Crippen molar-refractivity contribution in [3.63, 3.8) is 0 Å². The Balaban J connectivity index is 0.00000288. The van der Waals surface area contributed by atoms with Gasteiger partial charge in [-0.15, -0.1) is 24.0 Å². The van der Waals surface area contributed by atoms with Gasteiger partial charge in [0.05, 0.1) is 6.54 Å². The lowest BCUT2D eigenvalue weighted by Crippen LogP contribution is -2.38. The molecule has 0 amide bonds. The molecule has 0 saturated carbocycles. The van der Waals surface area contributed by atoms with E-state index < -0.39 is 0 Å². The Kier molecular flexibility index (Phi) is 9.14. The Hall–Kier alpha value is -1.83. The van der Waals surface area contributed by atoms with Crippen LogP contribution in [0.4, 0.5) is 4.39 Å². The quantitative estimate of drug-likeness (QED) is 0.364. The minimum absolute atomic E-state index is 0. The smallest absolute Gasteiger partial charge is 0.191 e. The maximum Gasteiger partial charge on any atom is 0.191 e. The van der Waals surface area contributed by atoms with Crippen LogP contribution in [0.5, 0.6) is 5.75 Å². The first-order valence-electron chi connectivity index (χ1n) is 7.72. The number of phenols is 1. The summed E-state index contributed by atoms with van der Waals surface area (Å²) in [7, 11) is 0. The fraction of sp³-hybridized carbons (Fsp3) is 0.278. The third-order valence-electron chi connectivity index (χ3n) is 3.34. The minimum atomic E-state index is -0.180. The van der Waals surface area contributed by atoms with Gasteiger partial charge in [-0.3, -0.25) is 0 Å². The molecule has 24 heavy (non-hydrogen) atoms. The highest BCUT2D eigenvalue weighted by molar-refractivity contribution is 14.0. The van der Waals surface area contributed by atoms with E-state index in [2.05, 4.69) is 15.6 Å². The van der Waals surface area contributed by atoms with Crippen molar-refractivity contribution in [3.05, 3.63) is 65.5 Å². The Bertz CT molecular complexity index is 647. The second kappa shape index (κ2) is 10.9. The van der Waals surface area contributed by atoms with Crippen LogP contribution in [0.25, 0.3) is 0 Å². The summed E-state index contributed by atoms with van der Waals surface area (Å²) in [5.41, 5.74) is 1.70. The molecule has 0 fully saturated rings. The standard InChI is InChI=1S/C18H22FN3O.HI/c1-2-20-18(22-13-14-7-9-16(23)10-8-14)21-12-11-15-5-3-4-6-17(15)19;/h3-10,23H,2,11-13H2,1H3,(H2,20,21,22);1H. The second-order valence-corrected chi connectivity index (χ2v) is 5.13. The molecule has 0 aliphatic rings. The van der Waals surface area contributed by atoms with E-state index in [-0.39, 0.29) is 35.5 Å². The average molecular weight is 443 g/mol. The number of aromatic hydroxyl groups is 1. The lowest BCUT2D eigenvalue weighted by atomic mass is 10.1. The normalized spacial score (nSPS) is 10.8. The molecule has 0 atom stereocenters. The van der Waals surface area contributed by atoms with Crippen molar-refractivity contribution < 1.29 is 9.50 Å². The minimum Gasteiger partial charge on any atom is -0.508 e. The van der Waals surface area contributed by atoms with Gasteiger partial charge in [0.25, 0.3) is 0 Å². The molecule has 0 radical (unpaired) electrons. The van der Waals surface area contributed by atoms with E-state index in [0.29, 0.717) is 31.0 Å². The van der Waals surface area contributed by atoms with Crippen molar-refractivity contribution >= 4 is 29.9 Å². The number of rotatable bonds is 6. The highest BCUT2D eigenvalue weighted by atomic mass is 127. The Morgan fingerprint density at radius 2 is 1.79 bits per heavy atom. The number of nitrogens with one attached hydrogen (secondary N) is 2. The van der Waals surface area contributed by atoms with Crippen molar-refractivity contribution in [1.82, 2.24) is 10.6 Å². The van der Waals surface area contributed by atoms with Crippen molar-refractivity contribution in [2.24, 2.45) is 4.99 Å². The van der Waals surface area contributed by atoms with Crippen LogP contribution in [0, 0.1) is 5.82 Å². The number of hydrogen-bond donors (Lipinski definition) is 3. The zero-order valence-electron chi connectivity index (χ0n) is 13.6. The van der Waals surface area contributed by atoms with Crippen LogP contribution in [0.2, 0.25) is 0 Å². The molecular weight excluding hydrogens is 420 g/mol. The van der Waals surface area contributed by atoms with Crippen LogP contribution in [0.1, 0.15) is 18.1 Å². The van der Waals surface area contributed by atoms with Gasteiger partial charge < -0.3 is 15.7 Å². The van der Waals surface area contributed by atoms with Crippen molar-refractivity contribution in [3.8, 4) is 5.75 Å². The lowest BCUT2D eigenvalue weighted by molar-refractivity contribution is 0.475. The molecule has 6 heteroatoms. The molecule has 0 aliphatic heterocycles. The third-order valence-corrected chi connectivity index (χ3v) is 3.34. The molecule has 4 nitrogen and oxygen atoms in total. The van der Waals surface area contributed by atoms with Gasteiger partial charge in [-0.1, -0.05) is 30.3 Å². The summed E-state index contributed by atoms with van der Waals surface area (Å²) in [6, 6.07) is 13.7. The summed E-state index contributed by atoms with van der Waals surface area (Å²) >= 11 is 0. The van der Waals surface area contributed by atoms with Crippen molar-refractivity contribution in [2.75, 3.05) is 13.1 Å². The summed E-state index contributed by atoms with van der Waals surface area (Å²) in [6.45, 7) is 3.85. The van der Waals surface area contributed by atoms with E-state index in [1.54, 1.807) is 24.3 Å². The van der Waals surface area contributed by atoms with E-state index >= 15 is 0 Å². The summed E-state index contributed by atoms with van der Waals surface area (Å²) < 4.78 is 13.6. The summed E-state index contributed by atoms with van der Waals surface area (Å²) in [5, 5.41) is 15.6. The molecule has 0 unspecified atom stereocenters. The fourth-order valence-electron chi connectivity index (χ4n) is 2.13. The molecule has 0 bridgehead atoms. The van der Waals surface area contributed by atoms with Crippen LogP contribution < -0.4 is 10.6 Å². The molecule has 2 aromatic rings. The topological polar surface area (TPSA) is 56.7 Å². The third kappa shape index (κ3) is 6.74. The van der Waals surface area contributed by atoms with Crippen LogP contribution >= 0.6 is 24.0 Å².